The van der Waals surface area contributed by atoms with Gasteiger partial charge in [0.05, 0.1) is 12.0 Å². The SMILES string of the molecule is COc1cccc(S(=O)(=O)c2ccc(S(N)(=O)=O)s2)c1. The first-order valence-corrected chi connectivity index (χ1v) is 9.11. The fourth-order valence-corrected chi connectivity index (χ4v) is 5.11. The molecule has 0 fully saturated rings. The quantitative estimate of drug-likeness (QED) is 0.906. The molecular weight excluding hydrogens is 322 g/mol. The van der Waals surface area contributed by atoms with Crippen molar-refractivity contribution in [3.05, 3.63) is 36.4 Å². The van der Waals surface area contributed by atoms with Gasteiger partial charge < -0.3 is 4.74 Å². The number of thiophene rings is 1. The molecule has 2 N–H and O–H groups in total. The maximum atomic E-state index is 12.4. The summed E-state index contributed by atoms with van der Waals surface area (Å²) in [6, 6.07) is 8.33. The molecule has 108 valence electrons. The Bertz CT molecular complexity index is 836. The third-order valence-corrected chi connectivity index (χ3v) is 7.22. The second-order valence-corrected chi connectivity index (χ2v) is 8.85. The van der Waals surface area contributed by atoms with Crippen molar-refractivity contribution in [2.45, 2.75) is 13.3 Å². The average molecular weight is 333 g/mol. The third kappa shape index (κ3) is 2.85. The summed E-state index contributed by atoms with van der Waals surface area (Å²) in [5.74, 6) is 0.398. The summed E-state index contributed by atoms with van der Waals surface area (Å²) in [7, 11) is -6.27. The van der Waals surface area contributed by atoms with Gasteiger partial charge in [-0.3, -0.25) is 0 Å². The number of sulfone groups is 1. The zero-order chi connectivity index (χ0) is 15.0. The molecule has 0 aliphatic heterocycles. The van der Waals surface area contributed by atoms with Gasteiger partial charge in [-0.1, -0.05) is 6.07 Å². The summed E-state index contributed by atoms with van der Waals surface area (Å²) in [6.07, 6.45) is 0. The second kappa shape index (κ2) is 5.17. The van der Waals surface area contributed by atoms with Gasteiger partial charge in [-0.25, -0.2) is 22.0 Å². The number of nitrogens with two attached hydrogens (primary N) is 1. The fourth-order valence-electron chi connectivity index (χ4n) is 1.49. The predicted molar refractivity (Wildman–Crippen MR) is 74.1 cm³/mol. The Hall–Kier alpha value is -1.42. The molecule has 6 nitrogen and oxygen atoms in total. The van der Waals surface area contributed by atoms with Crippen LogP contribution in [-0.4, -0.2) is 23.9 Å². The van der Waals surface area contributed by atoms with Crippen molar-refractivity contribution in [1.82, 2.24) is 0 Å². The molecule has 0 amide bonds. The molecule has 0 bridgehead atoms. The molecule has 0 aliphatic carbocycles. The third-order valence-electron chi connectivity index (χ3n) is 2.45. The number of ether oxygens (including phenoxy) is 1. The highest BCUT2D eigenvalue weighted by atomic mass is 32.3. The number of benzene rings is 1. The minimum Gasteiger partial charge on any atom is -0.497 e. The minimum absolute atomic E-state index is 0.0275. The van der Waals surface area contributed by atoms with Crippen LogP contribution in [0.1, 0.15) is 0 Å². The normalized spacial score (nSPS) is 12.3. The van der Waals surface area contributed by atoms with E-state index in [1.54, 1.807) is 12.1 Å². The average Bonchev–Trinajstić information content (AvgIpc) is 2.89. The summed E-state index contributed by atoms with van der Waals surface area (Å²) < 4.78 is 51.8. The fraction of sp³-hybridized carbons (Fsp3) is 0.0909. The van der Waals surface area contributed by atoms with Crippen LogP contribution in [0.5, 0.6) is 5.75 Å². The Morgan fingerprint density at radius 3 is 2.25 bits per heavy atom. The van der Waals surface area contributed by atoms with Crippen molar-refractivity contribution in [3.63, 3.8) is 0 Å². The van der Waals surface area contributed by atoms with Gasteiger partial charge in [-0.15, -0.1) is 11.3 Å². The van der Waals surface area contributed by atoms with E-state index in [1.165, 1.54) is 31.4 Å². The van der Waals surface area contributed by atoms with Gasteiger partial charge in [0.25, 0.3) is 0 Å². The lowest BCUT2D eigenvalue weighted by molar-refractivity contribution is 0.413. The Kier molecular flexibility index (Phi) is 3.87. The first kappa shape index (κ1) is 15.0. The molecule has 1 aromatic heterocycles. The van der Waals surface area contributed by atoms with E-state index in [9.17, 15) is 16.8 Å². The van der Waals surface area contributed by atoms with E-state index in [2.05, 4.69) is 0 Å². The zero-order valence-corrected chi connectivity index (χ0v) is 12.8. The first-order chi connectivity index (χ1) is 9.25. The molecule has 0 radical (unpaired) electrons. The van der Waals surface area contributed by atoms with E-state index in [0.29, 0.717) is 17.1 Å². The van der Waals surface area contributed by atoms with Gasteiger partial charge >= 0.3 is 0 Å². The topological polar surface area (TPSA) is 104 Å². The van der Waals surface area contributed by atoms with Crippen molar-refractivity contribution in [1.29, 1.82) is 0 Å². The molecule has 20 heavy (non-hydrogen) atoms. The smallest absolute Gasteiger partial charge is 0.247 e. The number of rotatable bonds is 4. The maximum absolute atomic E-state index is 12.4. The summed E-state index contributed by atoms with van der Waals surface area (Å²) in [6.45, 7) is 0. The molecule has 0 spiro atoms. The maximum Gasteiger partial charge on any atom is 0.247 e. The van der Waals surface area contributed by atoms with Crippen molar-refractivity contribution < 1.29 is 21.6 Å². The van der Waals surface area contributed by atoms with Gasteiger partial charge in [0.15, 0.2) is 0 Å². The Balaban J connectivity index is 2.52. The number of primary sulfonamides is 1. The summed E-state index contributed by atoms with van der Waals surface area (Å²) in [5.41, 5.74) is 0. The van der Waals surface area contributed by atoms with Gasteiger partial charge in [0, 0.05) is 0 Å². The Labute approximate surface area is 120 Å². The lowest BCUT2D eigenvalue weighted by Crippen LogP contribution is -2.09. The van der Waals surface area contributed by atoms with Crippen LogP contribution in [0.25, 0.3) is 0 Å². The molecule has 0 unspecified atom stereocenters. The number of sulfonamides is 1. The van der Waals surface area contributed by atoms with E-state index in [4.69, 9.17) is 9.88 Å². The lowest BCUT2D eigenvalue weighted by atomic mass is 10.3. The van der Waals surface area contributed by atoms with E-state index in [-0.39, 0.29) is 13.3 Å². The Morgan fingerprint density at radius 2 is 1.70 bits per heavy atom. The van der Waals surface area contributed by atoms with E-state index in [0.717, 1.165) is 0 Å². The standard InChI is InChI=1S/C11H11NO5S3/c1-17-8-3-2-4-9(7-8)19(13,14)10-5-6-11(18-10)20(12,15)16/h2-7H,1H3,(H2,12,15,16). The first-order valence-electron chi connectivity index (χ1n) is 5.27. The largest absolute Gasteiger partial charge is 0.497 e. The van der Waals surface area contributed by atoms with Crippen LogP contribution in [-0.2, 0) is 19.9 Å². The van der Waals surface area contributed by atoms with Crippen LogP contribution in [0.4, 0.5) is 0 Å². The molecule has 0 saturated carbocycles. The van der Waals surface area contributed by atoms with Crippen LogP contribution in [0.3, 0.4) is 0 Å². The van der Waals surface area contributed by atoms with Gasteiger partial charge in [0.2, 0.25) is 19.9 Å². The molecule has 0 saturated heterocycles. The molecule has 9 heteroatoms. The van der Waals surface area contributed by atoms with Gasteiger partial charge in [0.1, 0.15) is 14.2 Å². The molecule has 2 rings (SSSR count). The number of methoxy groups -OCH3 is 1. The molecule has 2 aromatic rings. The zero-order valence-electron chi connectivity index (χ0n) is 10.3. The predicted octanol–water partition coefficient (Wildman–Crippen LogP) is 1.24. The van der Waals surface area contributed by atoms with Crippen LogP contribution < -0.4 is 9.88 Å². The monoisotopic (exact) mass is 333 g/mol. The molecule has 1 aromatic carbocycles. The van der Waals surface area contributed by atoms with Crippen LogP contribution in [0.2, 0.25) is 0 Å². The summed E-state index contributed by atoms with van der Waals surface area (Å²) in [4.78, 5) is 0.0275. The highest BCUT2D eigenvalue weighted by Gasteiger charge is 2.23. The highest BCUT2D eigenvalue weighted by molar-refractivity contribution is 7.95. The molecule has 0 aliphatic rings. The highest BCUT2D eigenvalue weighted by Crippen LogP contribution is 2.30. The van der Waals surface area contributed by atoms with Gasteiger partial charge in [-0.2, -0.15) is 0 Å². The van der Waals surface area contributed by atoms with Crippen LogP contribution >= 0.6 is 11.3 Å². The van der Waals surface area contributed by atoms with E-state index >= 15 is 0 Å². The van der Waals surface area contributed by atoms with Crippen molar-refractivity contribution in [2.75, 3.05) is 7.11 Å². The van der Waals surface area contributed by atoms with Crippen molar-refractivity contribution in [3.8, 4) is 5.75 Å². The second-order valence-electron chi connectivity index (χ2n) is 3.80. The number of hydrogen-bond donors (Lipinski definition) is 1. The van der Waals surface area contributed by atoms with E-state index in [1.807, 2.05) is 0 Å². The Morgan fingerprint density at radius 1 is 1.05 bits per heavy atom. The summed E-state index contributed by atoms with van der Waals surface area (Å²) >= 11 is 0.613. The van der Waals surface area contributed by atoms with Gasteiger partial charge in [-0.05, 0) is 30.3 Å². The summed E-state index contributed by atoms with van der Waals surface area (Å²) in [5, 5.41) is 4.97. The van der Waals surface area contributed by atoms with Crippen LogP contribution in [0, 0.1) is 0 Å². The van der Waals surface area contributed by atoms with Crippen molar-refractivity contribution in [2.24, 2.45) is 5.14 Å². The molecule has 0 atom stereocenters. The molecule has 1 heterocycles. The number of hydrogen-bond acceptors (Lipinski definition) is 6. The minimum atomic E-state index is -3.91. The molecular formula is C11H11NO5S3. The lowest BCUT2D eigenvalue weighted by Gasteiger charge is -2.04. The van der Waals surface area contributed by atoms with Crippen molar-refractivity contribution >= 4 is 31.2 Å². The van der Waals surface area contributed by atoms with Crippen LogP contribution in [0.15, 0.2) is 49.7 Å². The van der Waals surface area contributed by atoms with E-state index < -0.39 is 19.9 Å².